The highest BCUT2D eigenvalue weighted by Gasteiger charge is 2.31. The van der Waals surface area contributed by atoms with Crippen molar-refractivity contribution in [3.05, 3.63) is 64.1 Å². The van der Waals surface area contributed by atoms with E-state index < -0.39 is 9.84 Å². The second-order valence-electron chi connectivity index (χ2n) is 9.20. The lowest BCUT2D eigenvalue weighted by Gasteiger charge is -2.17. The molecule has 1 aliphatic rings. The molecule has 0 aliphatic carbocycles. The topological polar surface area (TPSA) is 90.3 Å². The first-order chi connectivity index (χ1) is 15.6. The molecule has 1 aliphatic heterocycles. The number of likely N-dealkylation sites (N-methyl/N-ethyl adjacent to an activating group) is 1. The maximum Gasteiger partial charge on any atom is 0.178 e. The van der Waals surface area contributed by atoms with Gasteiger partial charge in [0.1, 0.15) is 5.76 Å². The van der Waals surface area contributed by atoms with E-state index in [0.29, 0.717) is 19.5 Å². The van der Waals surface area contributed by atoms with Crippen molar-refractivity contribution < 1.29 is 17.6 Å². The van der Waals surface area contributed by atoms with Gasteiger partial charge in [0, 0.05) is 34.8 Å². The average molecular weight is 473 g/mol. The molecule has 1 atom stereocenters. The summed E-state index contributed by atoms with van der Waals surface area (Å²) in [7, 11) is -1.05. The normalized spacial score (nSPS) is 17.8. The van der Waals surface area contributed by atoms with Gasteiger partial charge in [-0.05, 0) is 59.4 Å². The second-order valence-corrected chi connectivity index (χ2v) is 11.4. The number of sulfone groups is 1. The van der Waals surface area contributed by atoms with Gasteiger partial charge >= 0.3 is 0 Å². The average Bonchev–Trinajstić information content (AvgIpc) is 3.50. The van der Waals surface area contributed by atoms with E-state index in [9.17, 15) is 13.2 Å². The summed E-state index contributed by atoms with van der Waals surface area (Å²) in [6, 6.07) is 5.64. The number of aryl methyl sites for hydroxylation is 2. The number of ketones is 1. The van der Waals surface area contributed by atoms with E-state index in [1.54, 1.807) is 6.26 Å². The van der Waals surface area contributed by atoms with E-state index in [1.807, 2.05) is 62.5 Å². The van der Waals surface area contributed by atoms with Crippen LogP contribution in [0, 0.1) is 27.7 Å². The predicted molar refractivity (Wildman–Crippen MR) is 126 cm³/mol. The number of aromatic nitrogens is 3. The summed E-state index contributed by atoms with van der Waals surface area (Å²) in [5.41, 5.74) is 5.60. The van der Waals surface area contributed by atoms with E-state index in [-0.39, 0.29) is 29.9 Å². The largest absolute Gasteiger partial charge is 0.467 e. The first kappa shape index (κ1) is 23.5. The van der Waals surface area contributed by atoms with Gasteiger partial charge < -0.3 is 8.98 Å². The smallest absolute Gasteiger partial charge is 0.178 e. The Hall–Kier alpha value is -2.65. The number of furan rings is 1. The van der Waals surface area contributed by atoms with Crippen LogP contribution in [0.5, 0.6) is 0 Å². The first-order valence-corrected chi connectivity index (χ1v) is 13.0. The number of carbonyl (C=O) groups excluding carboxylic acids is 1. The molecule has 1 unspecified atom stereocenters. The molecule has 0 amide bonds. The summed E-state index contributed by atoms with van der Waals surface area (Å²) in [4.78, 5) is 15.1. The Bertz CT molecular complexity index is 1270. The molecule has 1 saturated heterocycles. The van der Waals surface area contributed by atoms with Gasteiger partial charge in [-0.2, -0.15) is 5.10 Å². The molecule has 178 valence electrons. The fourth-order valence-electron chi connectivity index (χ4n) is 4.79. The van der Waals surface area contributed by atoms with Crippen LogP contribution in [-0.4, -0.2) is 58.5 Å². The number of hydrogen-bond donors (Lipinski definition) is 0. The highest BCUT2D eigenvalue weighted by Crippen LogP contribution is 2.27. The lowest BCUT2D eigenvalue weighted by atomic mass is 10.1. The van der Waals surface area contributed by atoms with Crippen molar-refractivity contribution in [3.63, 3.8) is 0 Å². The van der Waals surface area contributed by atoms with Crippen molar-refractivity contribution >= 4 is 15.6 Å². The molecule has 9 heteroatoms. The van der Waals surface area contributed by atoms with Crippen LogP contribution >= 0.6 is 0 Å². The van der Waals surface area contributed by atoms with Gasteiger partial charge in [0.15, 0.2) is 15.6 Å². The summed E-state index contributed by atoms with van der Waals surface area (Å²) in [6.07, 6.45) is 2.26. The van der Waals surface area contributed by atoms with Gasteiger partial charge in [-0.15, -0.1) is 0 Å². The summed E-state index contributed by atoms with van der Waals surface area (Å²) < 4.78 is 33.2. The minimum absolute atomic E-state index is 0.0703. The summed E-state index contributed by atoms with van der Waals surface area (Å²) in [5.74, 6) is 1.29. The highest BCUT2D eigenvalue weighted by molar-refractivity contribution is 7.91. The molecule has 0 saturated carbocycles. The molecular formula is C24H32N4O4S. The predicted octanol–water partition coefficient (Wildman–Crippen LogP) is 3.23. The highest BCUT2D eigenvalue weighted by atomic mass is 32.2. The van der Waals surface area contributed by atoms with Crippen LogP contribution in [0.4, 0.5) is 0 Å². The van der Waals surface area contributed by atoms with Crippen LogP contribution in [0.1, 0.15) is 56.9 Å². The third-order valence-corrected chi connectivity index (χ3v) is 8.39. The molecule has 4 heterocycles. The minimum atomic E-state index is -2.98. The van der Waals surface area contributed by atoms with Crippen LogP contribution < -0.4 is 0 Å². The standard InChI is InChI=1S/C24H32N4O4S/c1-16-11-22(18(3)27(16)12-21-7-6-9-32-21)24(29)14-26(5)13-23-17(2)25-28(19(23)4)20-8-10-33(30,31)15-20/h6-7,9,11,20H,8,10,12-15H2,1-5H3. The molecule has 0 spiro atoms. The van der Waals surface area contributed by atoms with Gasteiger partial charge in [0.2, 0.25) is 0 Å². The molecule has 0 N–H and O–H groups in total. The molecular weight excluding hydrogens is 440 g/mol. The van der Waals surface area contributed by atoms with E-state index >= 15 is 0 Å². The maximum atomic E-state index is 13.1. The quantitative estimate of drug-likeness (QED) is 0.468. The molecule has 8 nitrogen and oxygen atoms in total. The van der Waals surface area contributed by atoms with Crippen molar-refractivity contribution in [1.29, 1.82) is 0 Å². The van der Waals surface area contributed by atoms with Crippen LogP contribution in [0.2, 0.25) is 0 Å². The van der Waals surface area contributed by atoms with Crippen LogP contribution in [0.15, 0.2) is 28.9 Å². The first-order valence-electron chi connectivity index (χ1n) is 11.2. The van der Waals surface area contributed by atoms with Gasteiger partial charge in [-0.1, -0.05) is 0 Å². The summed E-state index contributed by atoms with van der Waals surface area (Å²) in [5, 5.41) is 4.64. The zero-order chi connectivity index (χ0) is 23.9. The fourth-order valence-corrected chi connectivity index (χ4v) is 6.48. The Morgan fingerprint density at radius 2 is 2.00 bits per heavy atom. The second kappa shape index (κ2) is 8.95. The van der Waals surface area contributed by atoms with E-state index in [1.165, 1.54) is 0 Å². The number of rotatable bonds is 8. The monoisotopic (exact) mass is 472 g/mol. The van der Waals surface area contributed by atoms with Gasteiger partial charge in [0.25, 0.3) is 0 Å². The van der Waals surface area contributed by atoms with Gasteiger partial charge in [0.05, 0.1) is 42.6 Å². The fraction of sp³-hybridized carbons (Fsp3) is 0.500. The van der Waals surface area contributed by atoms with Crippen molar-refractivity contribution in [2.45, 2.75) is 53.2 Å². The Morgan fingerprint density at radius 1 is 1.24 bits per heavy atom. The molecule has 4 rings (SSSR count). The Morgan fingerprint density at radius 3 is 2.64 bits per heavy atom. The van der Waals surface area contributed by atoms with Gasteiger partial charge in [-0.3, -0.25) is 14.4 Å². The lowest BCUT2D eigenvalue weighted by Crippen LogP contribution is -2.26. The zero-order valence-electron chi connectivity index (χ0n) is 20.0. The number of hydrogen-bond acceptors (Lipinski definition) is 6. The van der Waals surface area contributed by atoms with E-state index in [0.717, 1.165) is 39.7 Å². The minimum Gasteiger partial charge on any atom is -0.467 e. The number of carbonyl (C=O) groups is 1. The summed E-state index contributed by atoms with van der Waals surface area (Å²) in [6.45, 7) is 9.36. The van der Waals surface area contributed by atoms with Crippen molar-refractivity contribution in [3.8, 4) is 0 Å². The Balaban J connectivity index is 1.45. The maximum absolute atomic E-state index is 13.1. The van der Waals surface area contributed by atoms with Crippen LogP contribution in [0.25, 0.3) is 0 Å². The molecule has 0 bridgehead atoms. The third kappa shape index (κ3) is 4.84. The third-order valence-electron chi connectivity index (χ3n) is 6.64. The van der Waals surface area contributed by atoms with Gasteiger partial charge in [-0.25, -0.2) is 8.42 Å². The number of nitrogens with zero attached hydrogens (tertiary/aromatic N) is 4. The molecule has 0 radical (unpaired) electrons. The SMILES string of the molecule is Cc1nn(C2CCS(=O)(=O)C2)c(C)c1CN(C)CC(=O)c1cc(C)n(Cc2ccco2)c1C. The van der Waals surface area contributed by atoms with Crippen LogP contribution in [0.3, 0.4) is 0 Å². The van der Waals surface area contributed by atoms with Crippen LogP contribution in [-0.2, 0) is 22.9 Å². The van der Waals surface area contributed by atoms with E-state index in [4.69, 9.17) is 4.42 Å². The number of Topliss-reactive ketones (excluding diaryl/α,β-unsaturated/α-hetero) is 1. The van der Waals surface area contributed by atoms with Crippen molar-refractivity contribution in [2.75, 3.05) is 25.1 Å². The Labute approximate surface area is 195 Å². The van der Waals surface area contributed by atoms with E-state index in [2.05, 4.69) is 9.67 Å². The molecule has 3 aromatic rings. The zero-order valence-corrected chi connectivity index (χ0v) is 20.8. The molecule has 0 aromatic carbocycles. The Kier molecular flexibility index (Phi) is 6.37. The molecule has 1 fully saturated rings. The van der Waals surface area contributed by atoms with Crippen molar-refractivity contribution in [1.82, 2.24) is 19.2 Å². The van der Waals surface area contributed by atoms with Crippen molar-refractivity contribution in [2.24, 2.45) is 0 Å². The molecule has 3 aromatic heterocycles. The summed E-state index contributed by atoms with van der Waals surface area (Å²) >= 11 is 0. The molecule has 33 heavy (non-hydrogen) atoms. The lowest BCUT2D eigenvalue weighted by molar-refractivity contribution is 0.0942.